The second-order valence-corrected chi connectivity index (χ2v) is 6.54. The molecular formula is C19H16N6O3. The van der Waals surface area contributed by atoms with Gasteiger partial charge in [0.25, 0.3) is 11.8 Å². The molecule has 1 aliphatic rings. The fourth-order valence-electron chi connectivity index (χ4n) is 3.28. The average Bonchev–Trinajstić information content (AvgIpc) is 3.54. The Balaban J connectivity index is 1.31. The Labute approximate surface area is 159 Å². The molecule has 4 aromatic rings. The molecule has 9 heteroatoms. The van der Waals surface area contributed by atoms with E-state index in [1.807, 2.05) is 30.3 Å². The predicted molar refractivity (Wildman–Crippen MR) is 97.0 cm³/mol. The number of hydrogen-bond donors (Lipinski definition) is 0. The van der Waals surface area contributed by atoms with Gasteiger partial charge in [-0.15, -0.1) is 5.10 Å². The van der Waals surface area contributed by atoms with Gasteiger partial charge < -0.3 is 13.8 Å². The van der Waals surface area contributed by atoms with Crippen molar-refractivity contribution in [2.45, 2.75) is 12.5 Å². The maximum Gasteiger partial charge on any atom is 0.289 e. The average molecular weight is 376 g/mol. The Morgan fingerprint density at radius 1 is 1.14 bits per heavy atom. The highest BCUT2D eigenvalue weighted by Crippen LogP contribution is 2.25. The van der Waals surface area contributed by atoms with Crippen LogP contribution in [0, 0.1) is 0 Å². The molecule has 0 aliphatic carbocycles. The van der Waals surface area contributed by atoms with Crippen molar-refractivity contribution in [2.75, 3.05) is 13.1 Å². The summed E-state index contributed by atoms with van der Waals surface area (Å²) in [6, 6.07) is 13.0. The van der Waals surface area contributed by atoms with Gasteiger partial charge in [-0.1, -0.05) is 40.7 Å². The summed E-state index contributed by atoms with van der Waals surface area (Å²) in [6.45, 7) is 1.18. The smallest absolute Gasteiger partial charge is 0.289 e. The topological polar surface area (TPSA) is 103 Å². The van der Waals surface area contributed by atoms with Crippen molar-refractivity contribution < 1.29 is 13.7 Å². The zero-order valence-electron chi connectivity index (χ0n) is 14.8. The molecule has 1 fully saturated rings. The standard InChI is InChI=1S/C19H16N6O3/c26-19(16-7-4-10-27-16)24-9-8-14(11-24)25-12-15(21-23-25)18-20-17(22-28-18)13-5-2-1-3-6-13/h1-7,10,12,14H,8-9,11H2/t14-/m1/s1. The first-order chi connectivity index (χ1) is 13.8. The van der Waals surface area contributed by atoms with Crippen LogP contribution < -0.4 is 0 Å². The van der Waals surface area contributed by atoms with Crippen molar-refractivity contribution in [3.05, 3.63) is 60.7 Å². The molecule has 1 amide bonds. The minimum Gasteiger partial charge on any atom is -0.459 e. The van der Waals surface area contributed by atoms with Crippen LogP contribution in [0.5, 0.6) is 0 Å². The Morgan fingerprint density at radius 2 is 2.04 bits per heavy atom. The van der Waals surface area contributed by atoms with Gasteiger partial charge in [0.1, 0.15) is 0 Å². The van der Waals surface area contributed by atoms with Crippen molar-refractivity contribution in [3.8, 4) is 23.0 Å². The van der Waals surface area contributed by atoms with Crippen LogP contribution in [0.25, 0.3) is 23.0 Å². The normalized spacial score (nSPS) is 16.6. The van der Waals surface area contributed by atoms with Crippen LogP contribution in [0.2, 0.25) is 0 Å². The van der Waals surface area contributed by atoms with Crippen LogP contribution in [0.3, 0.4) is 0 Å². The molecule has 0 spiro atoms. The van der Waals surface area contributed by atoms with Gasteiger partial charge in [-0.3, -0.25) is 4.79 Å². The van der Waals surface area contributed by atoms with E-state index < -0.39 is 0 Å². The van der Waals surface area contributed by atoms with Gasteiger partial charge in [0.05, 0.1) is 18.5 Å². The molecule has 28 heavy (non-hydrogen) atoms. The fourth-order valence-corrected chi connectivity index (χ4v) is 3.28. The van der Waals surface area contributed by atoms with Gasteiger partial charge >= 0.3 is 0 Å². The molecule has 0 unspecified atom stereocenters. The lowest BCUT2D eigenvalue weighted by molar-refractivity contribution is 0.0755. The van der Waals surface area contributed by atoms with E-state index >= 15 is 0 Å². The van der Waals surface area contributed by atoms with Crippen LogP contribution in [0.1, 0.15) is 23.0 Å². The van der Waals surface area contributed by atoms with Crippen molar-refractivity contribution >= 4 is 5.91 Å². The summed E-state index contributed by atoms with van der Waals surface area (Å²) in [6.07, 6.45) is 4.06. The summed E-state index contributed by atoms with van der Waals surface area (Å²) >= 11 is 0. The summed E-state index contributed by atoms with van der Waals surface area (Å²) < 4.78 is 12.3. The number of hydrogen-bond acceptors (Lipinski definition) is 7. The van der Waals surface area contributed by atoms with Crippen molar-refractivity contribution in [2.24, 2.45) is 0 Å². The summed E-state index contributed by atoms with van der Waals surface area (Å²) in [5.41, 5.74) is 1.37. The van der Waals surface area contributed by atoms with Crippen molar-refractivity contribution in [1.29, 1.82) is 0 Å². The molecule has 4 heterocycles. The van der Waals surface area contributed by atoms with Gasteiger partial charge in [-0.2, -0.15) is 4.98 Å². The molecular weight excluding hydrogens is 360 g/mol. The molecule has 0 N–H and O–H groups in total. The number of likely N-dealkylation sites (tertiary alicyclic amines) is 1. The van der Waals surface area contributed by atoms with Crippen molar-refractivity contribution in [3.63, 3.8) is 0 Å². The molecule has 9 nitrogen and oxygen atoms in total. The molecule has 1 atom stereocenters. The molecule has 0 radical (unpaired) electrons. The Morgan fingerprint density at radius 3 is 2.86 bits per heavy atom. The SMILES string of the molecule is O=C(c1ccco1)N1CC[C@@H](n2cc(-c3nc(-c4ccccc4)no3)nn2)C1. The Hall–Kier alpha value is -3.75. The highest BCUT2D eigenvalue weighted by Gasteiger charge is 2.30. The Kier molecular flexibility index (Phi) is 3.97. The number of furan rings is 1. The van der Waals surface area contributed by atoms with E-state index in [0.717, 1.165) is 12.0 Å². The highest BCUT2D eigenvalue weighted by molar-refractivity contribution is 5.91. The minimum atomic E-state index is -0.114. The maximum atomic E-state index is 12.4. The minimum absolute atomic E-state index is 0.0386. The number of amides is 1. The van der Waals surface area contributed by atoms with E-state index in [9.17, 15) is 4.79 Å². The third-order valence-corrected chi connectivity index (χ3v) is 4.74. The monoisotopic (exact) mass is 376 g/mol. The lowest BCUT2D eigenvalue weighted by atomic mass is 10.2. The molecule has 3 aromatic heterocycles. The molecule has 0 bridgehead atoms. The quantitative estimate of drug-likeness (QED) is 0.539. The predicted octanol–water partition coefficient (Wildman–Crippen LogP) is 2.68. The van der Waals surface area contributed by atoms with Gasteiger partial charge in [-0.25, -0.2) is 4.68 Å². The lowest BCUT2D eigenvalue weighted by Gasteiger charge is -2.14. The van der Waals surface area contributed by atoms with Gasteiger partial charge in [0, 0.05) is 18.7 Å². The van der Waals surface area contributed by atoms with Crippen molar-refractivity contribution in [1.82, 2.24) is 30.0 Å². The number of carbonyl (C=O) groups excluding carboxylic acids is 1. The molecule has 1 aromatic carbocycles. The van der Waals surface area contributed by atoms with Crippen LogP contribution in [0.4, 0.5) is 0 Å². The van der Waals surface area contributed by atoms with Crippen LogP contribution in [-0.4, -0.2) is 49.0 Å². The second-order valence-electron chi connectivity index (χ2n) is 6.54. The van der Waals surface area contributed by atoms with E-state index in [4.69, 9.17) is 8.94 Å². The van der Waals surface area contributed by atoms with E-state index in [2.05, 4.69) is 20.5 Å². The van der Waals surface area contributed by atoms with Gasteiger partial charge in [-0.05, 0) is 18.6 Å². The second kappa shape index (κ2) is 6.76. The molecule has 140 valence electrons. The zero-order valence-corrected chi connectivity index (χ0v) is 14.8. The fraction of sp³-hybridized carbons (Fsp3) is 0.211. The van der Waals surface area contributed by atoms with E-state index in [-0.39, 0.29) is 11.9 Å². The van der Waals surface area contributed by atoms with Gasteiger partial charge in [0.15, 0.2) is 11.5 Å². The summed E-state index contributed by atoms with van der Waals surface area (Å²) in [5.74, 6) is 1.05. The van der Waals surface area contributed by atoms with E-state index in [1.54, 1.807) is 27.9 Å². The number of benzene rings is 1. The third kappa shape index (κ3) is 2.96. The number of rotatable bonds is 4. The first-order valence-corrected chi connectivity index (χ1v) is 8.92. The van der Waals surface area contributed by atoms with Crippen LogP contribution >= 0.6 is 0 Å². The summed E-state index contributed by atoms with van der Waals surface area (Å²) in [7, 11) is 0. The number of nitrogens with zero attached hydrogens (tertiary/aromatic N) is 6. The third-order valence-electron chi connectivity index (χ3n) is 4.74. The summed E-state index contributed by atoms with van der Waals surface area (Å²) in [4.78, 5) is 18.6. The van der Waals surface area contributed by atoms with E-state index in [1.165, 1.54) is 6.26 Å². The van der Waals surface area contributed by atoms with E-state index in [0.29, 0.717) is 36.3 Å². The molecule has 5 rings (SSSR count). The Bertz CT molecular complexity index is 1090. The first kappa shape index (κ1) is 16.4. The lowest BCUT2D eigenvalue weighted by Crippen LogP contribution is -2.28. The van der Waals surface area contributed by atoms with Gasteiger partial charge in [0.2, 0.25) is 5.82 Å². The molecule has 1 aliphatic heterocycles. The molecule has 1 saturated heterocycles. The summed E-state index contributed by atoms with van der Waals surface area (Å²) in [5, 5.41) is 12.4. The first-order valence-electron chi connectivity index (χ1n) is 8.92. The maximum absolute atomic E-state index is 12.4. The van der Waals surface area contributed by atoms with Crippen LogP contribution in [0.15, 0.2) is 63.9 Å². The zero-order chi connectivity index (χ0) is 18.9. The number of carbonyl (C=O) groups is 1. The molecule has 0 saturated carbocycles. The van der Waals surface area contributed by atoms with Crippen LogP contribution in [-0.2, 0) is 0 Å². The number of aromatic nitrogens is 5. The largest absolute Gasteiger partial charge is 0.459 e. The highest BCUT2D eigenvalue weighted by atomic mass is 16.5.